The molecule has 0 spiro atoms. The fourth-order valence-electron chi connectivity index (χ4n) is 1.57. The largest absolute Gasteiger partial charge is 0.384 e. The van der Waals surface area contributed by atoms with E-state index in [2.05, 4.69) is 17.2 Å². The molecule has 0 fully saturated rings. The van der Waals surface area contributed by atoms with Crippen molar-refractivity contribution in [2.45, 2.75) is 6.54 Å². The summed E-state index contributed by atoms with van der Waals surface area (Å²) >= 11 is 1.42. The predicted molar refractivity (Wildman–Crippen MR) is 75.9 cm³/mol. The van der Waals surface area contributed by atoms with Gasteiger partial charge in [-0.15, -0.1) is 11.3 Å². The third-order valence-electron chi connectivity index (χ3n) is 2.49. The number of nitrogens with one attached hydrogen (secondary N) is 1. The summed E-state index contributed by atoms with van der Waals surface area (Å²) in [4.78, 5) is 13.5. The van der Waals surface area contributed by atoms with Crippen LogP contribution >= 0.6 is 11.3 Å². The van der Waals surface area contributed by atoms with Crippen LogP contribution in [-0.2, 0) is 6.54 Å². The van der Waals surface area contributed by atoms with E-state index >= 15 is 0 Å². The number of thiophene rings is 1. The van der Waals surface area contributed by atoms with Crippen molar-refractivity contribution < 1.29 is 14.3 Å². The minimum atomic E-state index is -0.536. The summed E-state index contributed by atoms with van der Waals surface area (Å²) in [6, 6.07) is 9.51. The molecule has 5 heteroatoms. The monoisotopic (exact) mass is 289 g/mol. The molecule has 0 saturated heterocycles. The van der Waals surface area contributed by atoms with Crippen molar-refractivity contribution in [3.63, 3.8) is 0 Å². The number of benzene rings is 1. The van der Waals surface area contributed by atoms with E-state index in [-0.39, 0.29) is 12.2 Å². The van der Waals surface area contributed by atoms with Crippen molar-refractivity contribution in [3.8, 4) is 11.8 Å². The number of carbonyl (C=O) groups excluding carboxylic acids is 1. The number of carbonyl (C=O) groups is 1. The van der Waals surface area contributed by atoms with E-state index in [0.717, 1.165) is 9.75 Å². The van der Waals surface area contributed by atoms with Gasteiger partial charge in [0.05, 0.1) is 17.0 Å². The molecule has 1 aromatic carbocycles. The lowest BCUT2D eigenvalue weighted by atomic mass is 10.2. The van der Waals surface area contributed by atoms with Crippen LogP contribution in [0.1, 0.15) is 20.1 Å². The highest BCUT2D eigenvalue weighted by molar-refractivity contribution is 7.12. The minimum Gasteiger partial charge on any atom is -0.384 e. The van der Waals surface area contributed by atoms with E-state index in [1.54, 1.807) is 6.07 Å². The Balaban J connectivity index is 1.97. The lowest BCUT2D eigenvalue weighted by molar-refractivity contribution is 0.0947. The number of hydrogen-bond acceptors (Lipinski definition) is 3. The lowest BCUT2D eigenvalue weighted by Crippen LogP contribution is -2.23. The van der Waals surface area contributed by atoms with Gasteiger partial charge in [-0.25, -0.2) is 4.39 Å². The van der Waals surface area contributed by atoms with Crippen LogP contribution in [-0.4, -0.2) is 17.6 Å². The fraction of sp³-hybridized carbons (Fsp3) is 0.133. The van der Waals surface area contributed by atoms with Crippen LogP contribution in [0.3, 0.4) is 0 Å². The van der Waals surface area contributed by atoms with Crippen LogP contribution in [0.15, 0.2) is 36.4 Å². The van der Waals surface area contributed by atoms with Gasteiger partial charge in [-0.1, -0.05) is 24.0 Å². The molecule has 0 aliphatic rings. The maximum absolute atomic E-state index is 13.4. The van der Waals surface area contributed by atoms with Crippen molar-refractivity contribution in [1.82, 2.24) is 5.32 Å². The smallest absolute Gasteiger partial charge is 0.254 e. The van der Waals surface area contributed by atoms with E-state index < -0.39 is 11.7 Å². The average Bonchev–Trinajstić information content (AvgIpc) is 2.91. The van der Waals surface area contributed by atoms with E-state index in [1.165, 1.54) is 29.5 Å². The summed E-state index contributed by atoms with van der Waals surface area (Å²) in [5.41, 5.74) is 0.0318. The summed E-state index contributed by atoms with van der Waals surface area (Å²) in [7, 11) is 0. The van der Waals surface area contributed by atoms with Crippen molar-refractivity contribution >= 4 is 17.2 Å². The van der Waals surface area contributed by atoms with Gasteiger partial charge in [0.15, 0.2) is 0 Å². The Morgan fingerprint density at radius 2 is 2.10 bits per heavy atom. The fourth-order valence-corrected chi connectivity index (χ4v) is 2.40. The number of hydrogen-bond donors (Lipinski definition) is 2. The second-order valence-electron chi connectivity index (χ2n) is 3.89. The normalized spacial score (nSPS) is 9.70. The molecule has 0 aliphatic carbocycles. The van der Waals surface area contributed by atoms with Crippen LogP contribution in [0.4, 0.5) is 4.39 Å². The topological polar surface area (TPSA) is 49.3 Å². The summed E-state index contributed by atoms with van der Waals surface area (Å²) < 4.78 is 13.4. The predicted octanol–water partition coefficient (Wildman–Crippen LogP) is 2.16. The first-order valence-electron chi connectivity index (χ1n) is 5.92. The van der Waals surface area contributed by atoms with E-state index in [0.29, 0.717) is 6.54 Å². The van der Waals surface area contributed by atoms with E-state index in [4.69, 9.17) is 5.11 Å². The Labute approximate surface area is 120 Å². The number of amides is 1. The van der Waals surface area contributed by atoms with Gasteiger partial charge in [0.1, 0.15) is 12.4 Å². The zero-order valence-corrected chi connectivity index (χ0v) is 11.3. The SMILES string of the molecule is O=C(NCc1ccc(C#CCO)s1)c1ccccc1F. The third kappa shape index (κ3) is 3.67. The zero-order valence-electron chi connectivity index (χ0n) is 10.5. The van der Waals surface area contributed by atoms with Crippen LogP contribution in [0.2, 0.25) is 0 Å². The number of halogens is 1. The Kier molecular flexibility index (Phi) is 4.88. The summed E-state index contributed by atoms with van der Waals surface area (Å²) in [5, 5.41) is 11.3. The van der Waals surface area contributed by atoms with Gasteiger partial charge in [0.25, 0.3) is 5.91 Å². The maximum Gasteiger partial charge on any atom is 0.254 e. The molecule has 0 atom stereocenters. The maximum atomic E-state index is 13.4. The molecular weight excluding hydrogens is 277 g/mol. The molecule has 0 bridgehead atoms. The molecular formula is C15H12FNO2S. The quantitative estimate of drug-likeness (QED) is 0.851. The number of aliphatic hydroxyl groups is 1. The summed E-state index contributed by atoms with van der Waals surface area (Å²) in [5.74, 6) is 4.36. The van der Waals surface area contributed by atoms with Gasteiger partial charge >= 0.3 is 0 Å². The Bertz CT molecular complexity index is 670. The van der Waals surface area contributed by atoms with Gasteiger partial charge in [0, 0.05) is 4.88 Å². The van der Waals surface area contributed by atoms with Crippen LogP contribution in [0.5, 0.6) is 0 Å². The van der Waals surface area contributed by atoms with E-state index in [9.17, 15) is 9.18 Å². The minimum absolute atomic E-state index is 0.0318. The highest BCUT2D eigenvalue weighted by Gasteiger charge is 2.10. The molecule has 102 valence electrons. The molecule has 2 rings (SSSR count). The Hall–Kier alpha value is -2.16. The summed E-state index contributed by atoms with van der Waals surface area (Å²) in [6.07, 6.45) is 0. The first kappa shape index (κ1) is 14.3. The molecule has 20 heavy (non-hydrogen) atoms. The van der Waals surface area contributed by atoms with Crippen LogP contribution < -0.4 is 5.32 Å². The standard InChI is InChI=1S/C15H12FNO2S/c16-14-6-2-1-5-13(14)15(19)17-10-12-8-7-11(20-12)4-3-9-18/h1-2,5-8,18H,9-10H2,(H,17,19). The van der Waals surface area contributed by atoms with Gasteiger partial charge in [0.2, 0.25) is 0 Å². The molecule has 0 radical (unpaired) electrons. The first-order valence-corrected chi connectivity index (χ1v) is 6.73. The van der Waals surface area contributed by atoms with Crippen LogP contribution in [0, 0.1) is 17.7 Å². The summed E-state index contributed by atoms with van der Waals surface area (Å²) in [6.45, 7) is 0.135. The Morgan fingerprint density at radius 3 is 2.85 bits per heavy atom. The molecule has 2 N–H and O–H groups in total. The van der Waals surface area contributed by atoms with Crippen molar-refractivity contribution in [3.05, 3.63) is 57.5 Å². The lowest BCUT2D eigenvalue weighted by Gasteiger charge is -2.04. The van der Waals surface area contributed by atoms with Gasteiger partial charge in [-0.3, -0.25) is 4.79 Å². The van der Waals surface area contributed by atoms with Gasteiger partial charge in [-0.2, -0.15) is 0 Å². The van der Waals surface area contributed by atoms with E-state index in [1.807, 2.05) is 12.1 Å². The second kappa shape index (κ2) is 6.85. The zero-order chi connectivity index (χ0) is 14.4. The second-order valence-corrected chi connectivity index (χ2v) is 5.06. The van der Waals surface area contributed by atoms with Crippen molar-refractivity contribution in [1.29, 1.82) is 0 Å². The molecule has 3 nitrogen and oxygen atoms in total. The van der Waals surface area contributed by atoms with Crippen molar-refractivity contribution in [2.75, 3.05) is 6.61 Å². The highest BCUT2D eigenvalue weighted by atomic mass is 32.1. The van der Waals surface area contributed by atoms with Gasteiger partial charge < -0.3 is 10.4 Å². The number of aliphatic hydroxyl groups excluding tert-OH is 1. The molecule has 1 aromatic heterocycles. The Morgan fingerprint density at radius 1 is 1.30 bits per heavy atom. The number of rotatable bonds is 3. The first-order chi connectivity index (χ1) is 9.70. The van der Waals surface area contributed by atoms with Gasteiger partial charge in [-0.05, 0) is 24.3 Å². The molecule has 0 unspecified atom stereocenters. The third-order valence-corrected chi connectivity index (χ3v) is 3.49. The van der Waals surface area contributed by atoms with Crippen LogP contribution in [0.25, 0.3) is 0 Å². The molecule has 0 saturated carbocycles. The molecule has 1 heterocycles. The average molecular weight is 289 g/mol. The molecule has 2 aromatic rings. The van der Waals surface area contributed by atoms with Crippen molar-refractivity contribution in [2.24, 2.45) is 0 Å². The molecule has 1 amide bonds. The highest BCUT2D eigenvalue weighted by Crippen LogP contribution is 2.15. The molecule has 0 aliphatic heterocycles.